The quantitative estimate of drug-likeness (QED) is 0.429. The molecule has 9 heteroatoms. The van der Waals surface area contributed by atoms with Crippen LogP contribution in [0.1, 0.15) is 22.8 Å². The van der Waals surface area contributed by atoms with Crippen molar-refractivity contribution >= 4 is 23.5 Å². The Morgan fingerprint density at radius 3 is 2.34 bits per heavy atom. The Hall–Kier alpha value is -4.40. The molecule has 0 bridgehead atoms. The highest BCUT2D eigenvalue weighted by Crippen LogP contribution is 2.17. The molecule has 1 atom stereocenters. The van der Waals surface area contributed by atoms with Gasteiger partial charge in [-0.05, 0) is 61.0 Å². The third-order valence-corrected chi connectivity index (χ3v) is 4.85. The van der Waals surface area contributed by atoms with Crippen LogP contribution in [0.15, 0.2) is 72.8 Å². The van der Waals surface area contributed by atoms with Crippen molar-refractivity contribution < 1.29 is 33.0 Å². The average Bonchev–Trinajstić information content (AvgIpc) is 2.87. The van der Waals surface area contributed by atoms with Crippen LogP contribution in [0.25, 0.3) is 0 Å². The number of ether oxygens (including phenoxy) is 3. The fraction of sp³-hybridized carbons (Fsp3) is 0.192. The van der Waals surface area contributed by atoms with E-state index in [2.05, 4.69) is 10.6 Å². The van der Waals surface area contributed by atoms with E-state index in [4.69, 9.17) is 14.2 Å². The number of methoxy groups -OCH3 is 1. The van der Waals surface area contributed by atoms with Gasteiger partial charge in [0.1, 0.15) is 17.3 Å². The Bertz CT molecular complexity index is 1170. The third kappa shape index (κ3) is 7.85. The first-order chi connectivity index (χ1) is 16.8. The minimum absolute atomic E-state index is 0.179. The summed E-state index contributed by atoms with van der Waals surface area (Å²) in [6.45, 7) is 1.40. The number of nitrogens with one attached hydrogen (secondary N) is 2. The summed E-state index contributed by atoms with van der Waals surface area (Å²) in [7, 11) is 1.54. The summed E-state index contributed by atoms with van der Waals surface area (Å²) in [5.41, 5.74) is 1.51. The highest BCUT2D eigenvalue weighted by molar-refractivity contribution is 5.93. The monoisotopic (exact) mass is 480 g/mol. The Labute approximate surface area is 202 Å². The van der Waals surface area contributed by atoms with E-state index in [0.29, 0.717) is 22.7 Å². The summed E-state index contributed by atoms with van der Waals surface area (Å²) < 4.78 is 28.7. The second kappa shape index (κ2) is 12.2. The van der Waals surface area contributed by atoms with Crippen molar-refractivity contribution in [1.29, 1.82) is 0 Å². The number of hydrogen-bond acceptors (Lipinski definition) is 6. The third-order valence-electron chi connectivity index (χ3n) is 4.85. The topological polar surface area (TPSA) is 103 Å². The predicted molar refractivity (Wildman–Crippen MR) is 127 cm³/mol. The van der Waals surface area contributed by atoms with Crippen molar-refractivity contribution in [3.63, 3.8) is 0 Å². The zero-order valence-electron chi connectivity index (χ0n) is 19.2. The number of carbonyl (C=O) groups is 3. The fourth-order valence-electron chi connectivity index (χ4n) is 2.95. The fourth-order valence-corrected chi connectivity index (χ4v) is 2.95. The number of halogens is 1. The number of carbonyl (C=O) groups excluding carboxylic acids is 3. The van der Waals surface area contributed by atoms with Gasteiger partial charge in [0, 0.05) is 18.3 Å². The summed E-state index contributed by atoms with van der Waals surface area (Å²) in [5, 5.41) is 5.33. The van der Waals surface area contributed by atoms with E-state index in [1.54, 1.807) is 36.4 Å². The Morgan fingerprint density at radius 2 is 1.66 bits per heavy atom. The number of benzene rings is 3. The molecule has 0 saturated heterocycles. The maximum Gasteiger partial charge on any atom is 0.338 e. The van der Waals surface area contributed by atoms with Gasteiger partial charge in [-0.1, -0.05) is 18.2 Å². The lowest BCUT2D eigenvalue weighted by Crippen LogP contribution is -2.35. The molecule has 0 saturated carbocycles. The molecule has 0 aliphatic heterocycles. The standard InChI is InChI=1S/C26H25FN2O6/c1-17(25(31)28-15-18-6-10-20(27)11-7-18)35-26(32)19-8-12-22(13-9-19)34-16-24(30)29-21-4-3-5-23(14-21)33-2/h3-14,17H,15-16H2,1-2H3,(H,28,31)(H,29,30). The molecule has 0 aliphatic carbocycles. The number of hydrogen-bond donors (Lipinski definition) is 2. The SMILES string of the molecule is COc1cccc(NC(=O)COc2ccc(C(=O)OC(C)C(=O)NCc3ccc(F)cc3)cc2)c1. The van der Waals surface area contributed by atoms with Crippen molar-refractivity contribution in [1.82, 2.24) is 5.32 Å². The summed E-state index contributed by atoms with van der Waals surface area (Å²) in [6, 6.07) is 18.6. The molecular formula is C26H25FN2O6. The molecular weight excluding hydrogens is 455 g/mol. The van der Waals surface area contributed by atoms with Crippen LogP contribution in [0.3, 0.4) is 0 Å². The summed E-state index contributed by atoms with van der Waals surface area (Å²) in [6.07, 6.45) is -1.03. The van der Waals surface area contributed by atoms with E-state index in [0.717, 1.165) is 0 Å². The van der Waals surface area contributed by atoms with E-state index in [9.17, 15) is 18.8 Å². The maximum absolute atomic E-state index is 13.0. The van der Waals surface area contributed by atoms with Gasteiger partial charge in [-0.15, -0.1) is 0 Å². The van der Waals surface area contributed by atoms with Crippen molar-refractivity contribution in [3.8, 4) is 11.5 Å². The summed E-state index contributed by atoms with van der Waals surface area (Å²) in [4.78, 5) is 36.6. The normalized spacial score (nSPS) is 11.2. The molecule has 0 fully saturated rings. The largest absolute Gasteiger partial charge is 0.497 e. The van der Waals surface area contributed by atoms with E-state index in [1.165, 1.54) is 50.4 Å². The molecule has 0 aliphatic rings. The van der Waals surface area contributed by atoms with E-state index in [-0.39, 0.29) is 30.4 Å². The van der Waals surface area contributed by atoms with Crippen LogP contribution < -0.4 is 20.1 Å². The van der Waals surface area contributed by atoms with Gasteiger partial charge >= 0.3 is 5.97 Å². The molecule has 0 aromatic heterocycles. The van der Waals surface area contributed by atoms with Crippen LogP contribution in [0.4, 0.5) is 10.1 Å². The molecule has 0 heterocycles. The minimum atomic E-state index is -1.03. The van der Waals surface area contributed by atoms with E-state index >= 15 is 0 Å². The highest BCUT2D eigenvalue weighted by atomic mass is 19.1. The number of amides is 2. The van der Waals surface area contributed by atoms with Gasteiger partial charge < -0.3 is 24.8 Å². The molecule has 1 unspecified atom stereocenters. The molecule has 2 N–H and O–H groups in total. The molecule has 2 amide bonds. The average molecular weight is 480 g/mol. The van der Waals surface area contributed by atoms with Crippen LogP contribution in [0.2, 0.25) is 0 Å². The first-order valence-corrected chi connectivity index (χ1v) is 10.7. The Kier molecular flexibility index (Phi) is 8.77. The lowest BCUT2D eigenvalue weighted by atomic mass is 10.2. The first-order valence-electron chi connectivity index (χ1n) is 10.7. The second-order valence-electron chi connectivity index (χ2n) is 7.48. The van der Waals surface area contributed by atoms with Crippen molar-refractivity contribution in [2.75, 3.05) is 19.0 Å². The van der Waals surface area contributed by atoms with Crippen LogP contribution in [-0.4, -0.2) is 37.6 Å². The first kappa shape index (κ1) is 25.2. The lowest BCUT2D eigenvalue weighted by Gasteiger charge is -2.14. The maximum atomic E-state index is 13.0. The van der Waals surface area contributed by atoms with Crippen LogP contribution in [0, 0.1) is 5.82 Å². The lowest BCUT2D eigenvalue weighted by molar-refractivity contribution is -0.129. The van der Waals surface area contributed by atoms with E-state index in [1.807, 2.05) is 0 Å². The van der Waals surface area contributed by atoms with Gasteiger partial charge in [0.25, 0.3) is 11.8 Å². The summed E-state index contributed by atoms with van der Waals surface area (Å²) >= 11 is 0. The predicted octanol–water partition coefficient (Wildman–Crippen LogP) is 3.71. The molecule has 182 valence electrons. The molecule has 8 nitrogen and oxygen atoms in total. The molecule has 0 radical (unpaired) electrons. The minimum Gasteiger partial charge on any atom is -0.497 e. The molecule has 0 spiro atoms. The number of anilines is 1. The van der Waals surface area contributed by atoms with Gasteiger partial charge in [-0.25, -0.2) is 9.18 Å². The van der Waals surface area contributed by atoms with Gasteiger partial charge in [-0.2, -0.15) is 0 Å². The Morgan fingerprint density at radius 1 is 0.943 bits per heavy atom. The zero-order chi connectivity index (χ0) is 25.2. The number of esters is 1. The van der Waals surface area contributed by atoms with Crippen molar-refractivity contribution in [2.24, 2.45) is 0 Å². The van der Waals surface area contributed by atoms with E-state index < -0.39 is 18.0 Å². The molecule has 3 aromatic rings. The Balaban J connectivity index is 1.44. The van der Waals surface area contributed by atoms with Crippen LogP contribution in [0.5, 0.6) is 11.5 Å². The second-order valence-corrected chi connectivity index (χ2v) is 7.48. The highest BCUT2D eigenvalue weighted by Gasteiger charge is 2.19. The molecule has 3 rings (SSSR count). The van der Waals surface area contributed by atoms with Crippen molar-refractivity contribution in [2.45, 2.75) is 19.6 Å². The van der Waals surface area contributed by atoms with Crippen molar-refractivity contribution in [3.05, 3.63) is 89.7 Å². The molecule has 3 aromatic carbocycles. The van der Waals surface area contributed by atoms with Gasteiger partial charge in [0.05, 0.1) is 12.7 Å². The number of rotatable bonds is 10. The summed E-state index contributed by atoms with van der Waals surface area (Å²) in [5.74, 6) is -0.891. The van der Waals surface area contributed by atoms with Gasteiger partial charge in [0.2, 0.25) is 0 Å². The van der Waals surface area contributed by atoms with Crippen LogP contribution >= 0.6 is 0 Å². The zero-order valence-corrected chi connectivity index (χ0v) is 19.2. The molecule has 35 heavy (non-hydrogen) atoms. The van der Waals surface area contributed by atoms with Crippen LogP contribution in [-0.2, 0) is 20.9 Å². The smallest absolute Gasteiger partial charge is 0.338 e. The van der Waals surface area contributed by atoms with Gasteiger partial charge in [0.15, 0.2) is 12.7 Å². The van der Waals surface area contributed by atoms with Gasteiger partial charge in [-0.3, -0.25) is 9.59 Å².